The fourth-order valence-corrected chi connectivity index (χ4v) is 3.45. The van der Waals surface area contributed by atoms with Gasteiger partial charge in [-0.25, -0.2) is 4.79 Å². The Kier molecular flexibility index (Phi) is 6.66. The zero-order chi connectivity index (χ0) is 19.9. The number of hydrogen-bond acceptors (Lipinski definition) is 3. The van der Waals surface area contributed by atoms with Gasteiger partial charge in [0.05, 0.1) is 0 Å². The maximum Gasteiger partial charge on any atom is 0.319 e. The van der Waals surface area contributed by atoms with E-state index in [4.69, 9.17) is 0 Å². The van der Waals surface area contributed by atoms with Crippen LogP contribution in [0.4, 0.5) is 16.2 Å². The first-order valence-electron chi connectivity index (χ1n) is 9.71. The molecule has 1 aliphatic rings. The molecule has 6 nitrogen and oxygen atoms in total. The van der Waals surface area contributed by atoms with Crippen LogP contribution in [0.15, 0.2) is 48.5 Å². The lowest BCUT2D eigenvalue weighted by Gasteiger charge is -2.32. The van der Waals surface area contributed by atoms with Crippen molar-refractivity contribution in [3.8, 4) is 0 Å². The van der Waals surface area contributed by atoms with Crippen molar-refractivity contribution in [2.75, 3.05) is 23.7 Å². The quantitative estimate of drug-likeness (QED) is 0.740. The number of carbonyl (C=O) groups excluding carboxylic acids is 2. The van der Waals surface area contributed by atoms with Gasteiger partial charge in [0.1, 0.15) is 0 Å². The maximum atomic E-state index is 12.3. The van der Waals surface area contributed by atoms with Crippen LogP contribution in [0.5, 0.6) is 0 Å². The van der Waals surface area contributed by atoms with Gasteiger partial charge in [-0.3, -0.25) is 9.69 Å². The Morgan fingerprint density at radius 1 is 1.04 bits per heavy atom. The summed E-state index contributed by atoms with van der Waals surface area (Å²) >= 11 is 0. The summed E-state index contributed by atoms with van der Waals surface area (Å²) in [7, 11) is 0. The highest BCUT2D eigenvalue weighted by Crippen LogP contribution is 2.20. The lowest BCUT2D eigenvalue weighted by atomic mass is 10.0. The highest BCUT2D eigenvalue weighted by molar-refractivity contribution is 5.93. The number of nitrogens with one attached hydrogen (secondary N) is 3. The summed E-state index contributed by atoms with van der Waals surface area (Å²) in [5, 5.41) is 8.71. The van der Waals surface area contributed by atoms with Gasteiger partial charge in [-0.05, 0) is 43.0 Å². The van der Waals surface area contributed by atoms with Gasteiger partial charge in [0.2, 0.25) is 5.91 Å². The first-order valence-corrected chi connectivity index (χ1v) is 9.71. The molecule has 0 radical (unpaired) electrons. The van der Waals surface area contributed by atoms with E-state index >= 15 is 0 Å². The minimum Gasteiger partial charge on any atom is -0.335 e. The lowest BCUT2D eigenvalue weighted by molar-refractivity contribution is -0.114. The van der Waals surface area contributed by atoms with E-state index in [0.29, 0.717) is 11.4 Å². The van der Waals surface area contributed by atoms with Crippen LogP contribution in [-0.2, 0) is 11.3 Å². The van der Waals surface area contributed by atoms with Gasteiger partial charge < -0.3 is 16.0 Å². The van der Waals surface area contributed by atoms with Crippen molar-refractivity contribution in [3.05, 3.63) is 59.7 Å². The summed E-state index contributed by atoms with van der Waals surface area (Å²) in [6.07, 6.45) is 1.87. The zero-order valence-electron chi connectivity index (χ0n) is 16.5. The molecule has 3 rings (SSSR count). The minimum absolute atomic E-state index is 0.132. The van der Waals surface area contributed by atoms with E-state index in [9.17, 15) is 9.59 Å². The van der Waals surface area contributed by atoms with Gasteiger partial charge in [0, 0.05) is 44.0 Å². The summed E-state index contributed by atoms with van der Waals surface area (Å²) in [5.41, 5.74) is 3.64. The number of piperidine rings is 1. The zero-order valence-corrected chi connectivity index (χ0v) is 16.5. The van der Waals surface area contributed by atoms with Crippen LogP contribution in [0.3, 0.4) is 0 Å². The number of rotatable bonds is 5. The van der Waals surface area contributed by atoms with Crippen LogP contribution in [0, 0.1) is 6.92 Å². The average molecular weight is 380 g/mol. The number of carbonyl (C=O) groups is 2. The lowest BCUT2D eigenvalue weighted by Crippen LogP contribution is -2.45. The van der Waals surface area contributed by atoms with Crippen LogP contribution in [0.25, 0.3) is 0 Å². The average Bonchev–Trinajstić information content (AvgIpc) is 2.66. The molecule has 0 atom stereocenters. The molecule has 1 saturated heterocycles. The number of anilines is 2. The molecule has 0 saturated carbocycles. The van der Waals surface area contributed by atoms with Crippen LogP contribution in [-0.4, -0.2) is 36.0 Å². The second-order valence-electron chi connectivity index (χ2n) is 7.35. The molecule has 148 valence electrons. The predicted molar refractivity (Wildman–Crippen MR) is 112 cm³/mol. The summed E-state index contributed by atoms with van der Waals surface area (Å²) in [4.78, 5) is 26.1. The van der Waals surface area contributed by atoms with Gasteiger partial charge in [-0.15, -0.1) is 0 Å². The Morgan fingerprint density at radius 2 is 1.75 bits per heavy atom. The van der Waals surface area contributed by atoms with Gasteiger partial charge in [-0.2, -0.15) is 0 Å². The molecule has 6 heteroatoms. The number of hydrogen-bond donors (Lipinski definition) is 3. The van der Waals surface area contributed by atoms with Crippen molar-refractivity contribution in [2.24, 2.45) is 0 Å². The van der Waals surface area contributed by atoms with E-state index in [1.807, 2.05) is 25.1 Å². The largest absolute Gasteiger partial charge is 0.335 e. The summed E-state index contributed by atoms with van der Waals surface area (Å²) in [6, 6.07) is 15.9. The van der Waals surface area contributed by atoms with E-state index in [-0.39, 0.29) is 18.0 Å². The number of urea groups is 1. The van der Waals surface area contributed by atoms with Gasteiger partial charge in [-0.1, -0.05) is 36.4 Å². The Hall–Kier alpha value is -2.86. The number of amides is 3. The molecule has 0 aliphatic carbocycles. The highest BCUT2D eigenvalue weighted by Gasteiger charge is 2.20. The fraction of sp³-hybridized carbons (Fsp3) is 0.364. The number of nitrogens with zero attached hydrogens (tertiary/aromatic N) is 1. The highest BCUT2D eigenvalue weighted by atomic mass is 16.2. The molecule has 1 aliphatic heterocycles. The van der Waals surface area contributed by atoms with Crippen molar-refractivity contribution >= 4 is 23.3 Å². The van der Waals surface area contributed by atoms with Gasteiger partial charge in [0.25, 0.3) is 0 Å². The first-order chi connectivity index (χ1) is 13.5. The van der Waals surface area contributed by atoms with Crippen LogP contribution < -0.4 is 16.0 Å². The SMILES string of the molecule is CC(=O)Nc1cc(NC(=O)NC2CCN(Cc3ccccc3)CC2)ccc1C. The van der Waals surface area contributed by atoms with Crippen LogP contribution in [0.1, 0.15) is 30.9 Å². The Balaban J connectivity index is 1.46. The third kappa shape index (κ3) is 5.82. The molecule has 1 fully saturated rings. The van der Waals surface area contributed by atoms with Crippen molar-refractivity contribution in [1.29, 1.82) is 0 Å². The molecule has 0 aromatic heterocycles. The molecule has 0 spiro atoms. The molecular formula is C22H28N4O2. The third-order valence-electron chi connectivity index (χ3n) is 4.98. The Labute approximate surface area is 166 Å². The molecule has 2 aromatic rings. The van der Waals surface area contributed by atoms with E-state index < -0.39 is 0 Å². The topological polar surface area (TPSA) is 73.5 Å². The van der Waals surface area contributed by atoms with E-state index in [0.717, 1.165) is 38.0 Å². The van der Waals surface area contributed by atoms with E-state index in [2.05, 4.69) is 45.1 Å². The van der Waals surface area contributed by atoms with Crippen LogP contribution in [0.2, 0.25) is 0 Å². The second-order valence-corrected chi connectivity index (χ2v) is 7.35. The molecule has 2 aromatic carbocycles. The Bertz CT molecular complexity index is 815. The van der Waals surface area contributed by atoms with Crippen molar-refractivity contribution in [3.63, 3.8) is 0 Å². The van der Waals surface area contributed by atoms with Gasteiger partial charge >= 0.3 is 6.03 Å². The normalized spacial score (nSPS) is 15.1. The van der Waals surface area contributed by atoms with Crippen molar-refractivity contribution in [1.82, 2.24) is 10.2 Å². The Morgan fingerprint density at radius 3 is 2.43 bits per heavy atom. The first kappa shape index (κ1) is 19.9. The standard InChI is InChI=1S/C22H28N4O2/c1-16-8-9-20(14-21(16)23-17(2)27)25-22(28)24-19-10-12-26(13-11-19)15-18-6-4-3-5-7-18/h3-9,14,19H,10-13,15H2,1-2H3,(H,23,27)(H2,24,25,28). The summed E-state index contributed by atoms with van der Waals surface area (Å²) < 4.78 is 0. The van der Waals surface area contributed by atoms with E-state index in [1.54, 1.807) is 6.07 Å². The predicted octanol–water partition coefficient (Wildman–Crippen LogP) is 3.74. The third-order valence-corrected chi connectivity index (χ3v) is 4.98. The minimum atomic E-state index is -0.209. The smallest absolute Gasteiger partial charge is 0.319 e. The number of benzene rings is 2. The van der Waals surface area contributed by atoms with Crippen molar-refractivity contribution in [2.45, 2.75) is 39.3 Å². The molecule has 1 heterocycles. The monoisotopic (exact) mass is 380 g/mol. The molecule has 0 bridgehead atoms. The van der Waals surface area contributed by atoms with Crippen molar-refractivity contribution < 1.29 is 9.59 Å². The molecule has 0 unspecified atom stereocenters. The summed E-state index contributed by atoms with van der Waals surface area (Å²) in [6.45, 7) is 6.28. The number of likely N-dealkylation sites (tertiary alicyclic amines) is 1. The van der Waals surface area contributed by atoms with E-state index in [1.165, 1.54) is 12.5 Å². The number of aryl methyl sites for hydroxylation is 1. The molecule has 3 amide bonds. The van der Waals surface area contributed by atoms with Crippen LogP contribution >= 0.6 is 0 Å². The molecule has 28 heavy (non-hydrogen) atoms. The molecule has 3 N–H and O–H groups in total. The molecular weight excluding hydrogens is 352 g/mol. The second kappa shape index (κ2) is 9.37. The summed E-state index contributed by atoms with van der Waals surface area (Å²) in [5.74, 6) is -0.132. The maximum absolute atomic E-state index is 12.3. The van der Waals surface area contributed by atoms with Gasteiger partial charge in [0.15, 0.2) is 0 Å². The fourth-order valence-electron chi connectivity index (χ4n) is 3.45.